The maximum atomic E-state index is 11.7. The highest BCUT2D eigenvalue weighted by atomic mass is 16.1. The minimum atomic E-state index is -0.0995. The summed E-state index contributed by atoms with van der Waals surface area (Å²) >= 11 is 0. The van der Waals surface area contributed by atoms with Crippen LogP contribution in [0.5, 0.6) is 0 Å². The van der Waals surface area contributed by atoms with Crippen molar-refractivity contribution in [2.24, 2.45) is 17.3 Å². The van der Waals surface area contributed by atoms with Crippen LogP contribution < -0.4 is 0 Å². The van der Waals surface area contributed by atoms with Crippen LogP contribution in [0, 0.1) is 17.3 Å². The number of hydrogen-bond donors (Lipinski definition) is 0. The lowest BCUT2D eigenvalue weighted by Crippen LogP contribution is -2.37. The van der Waals surface area contributed by atoms with Gasteiger partial charge in [0.2, 0.25) is 0 Å². The van der Waals surface area contributed by atoms with Crippen molar-refractivity contribution < 1.29 is 4.79 Å². The molecule has 0 amide bonds. The van der Waals surface area contributed by atoms with Crippen molar-refractivity contribution >= 4 is 5.78 Å². The zero-order chi connectivity index (χ0) is 8.77. The van der Waals surface area contributed by atoms with Crippen LogP contribution >= 0.6 is 0 Å². The molecule has 12 heavy (non-hydrogen) atoms. The number of allylic oxidation sites excluding steroid dienone is 2. The molecule has 1 fully saturated rings. The summed E-state index contributed by atoms with van der Waals surface area (Å²) in [7, 11) is 0. The normalized spacial score (nSPS) is 46.3. The molecule has 0 radical (unpaired) electrons. The van der Waals surface area contributed by atoms with Gasteiger partial charge in [-0.3, -0.25) is 4.79 Å². The Bertz CT molecular complexity index is 241. The van der Waals surface area contributed by atoms with E-state index in [4.69, 9.17) is 0 Å². The summed E-state index contributed by atoms with van der Waals surface area (Å²) in [6.45, 7) is 4.34. The third kappa shape index (κ3) is 0.886. The highest BCUT2D eigenvalue weighted by molar-refractivity contribution is 5.88. The Morgan fingerprint density at radius 2 is 2.33 bits per heavy atom. The molecule has 0 spiro atoms. The standard InChI is InChI=1S/C11H16O/c1-8-6-7-11(2)9(8)4-3-5-10(11)12/h6-9H,3-5H2,1-2H3/t8?,9-,11+/m0/s1. The number of rotatable bonds is 0. The zero-order valence-electron chi connectivity index (χ0n) is 7.84. The van der Waals surface area contributed by atoms with Crippen molar-refractivity contribution in [2.75, 3.05) is 0 Å². The number of carbonyl (C=O) groups is 1. The molecular weight excluding hydrogens is 148 g/mol. The molecule has 0 aliphatic heterocycles. The van der Waals surface area contributed by atoms with E-state index in [0.29, 0.717) is 17.6 Å². The molecule has 1 unspecified atom stereocenters. The fourth-order valence-electron chi connectivity index (χ4n) is 2.77. The van der Waals surface area contributed by atoms with E-state index in [2.05, 4.69) is 26.0 Å². The minimum Gasteiger partial charge on any atom is -0.299 e. The number of Topliss-reactive ketones (excluding diaryl/α,β-unsaturated/α-hetero) is 1. The number of fused-ring (bicyclic) bond motifs is 1. The molecule has 0 aromatic heterocycles. The van der Waals surface area contributed by atoms with Crippen molar-refractivity contribution in [1.82, 2.24) is 0 Å². The van der Waals surface area contributed by atoms with Gasteiger partial charge in [-0.1, -0.05) is 19.1 Å². The summed E-state index contributed by atoms with van der Waals surface area (Å²) in [5, 5.41) is 0. The third-order valence-corrected chi connectivity index (χ3v) is 3.67. The molecule has 1 heteroatoms. The van der Waals surface area contributed by atoms with E-state index in [0.717, 1.165) is 12.8 Å². The summed E-state index contributed by atoms with van der Waals surface area (Å²) in [5.74, 6) is 1.66. The van der Waals surface area contributed by atoms with Crippen LogP contribution in [0.1, 0.15) is 33.1 Å². The van der Waals surface area contributed by atoms with Crippen LogP contribution in [0.15, 0.2) is 12.2 Å². The molecule has 2 aliphatic carbocycles. The molecule has 1 saturated carbocycles. The second kappa shape index (κ2) is 2.45. The fourth-order valence-corrected chi connectivity index (χ4v) is 2.77. The molecule has 2 aliphatic rings. The van der Waals surface area contributed by atoms with Crippen LogP contribution in [0.3, 0.4) is 0 Å². The fraction of sp³-hybridized carbons (Fsp3) is 0.727. The van der Waals surface area contributed by atoms with Gasteiger partial charge in [0.1, 0.15) is 5.78 Å². The predicted molar refractivity (Wildman–Crippen MR) is 48.8 cm³/mol. The molecule has 3 atom stereocenters. The van der Waals surface area contributed by atoms with Gasteiger partial charge >= 0.3 is 0 Å². The Hall–Kier alpha value is -0.590. The van der Waals surface area contributed by atoms with Crippen LogP contribution in [-0.2, 0) is 4.79 Å². The van der Waals surface area contributed by atoms with E-state index in [1.807, 2.05) is 0 Å². The highest BCUT2D eigenvalue weighted by Gasteiger charge is 2.46. The monoisotopic (exact) mass is 164 g/mol. The molecular formula is C11H16O. The minimum absolute atomic E-state index is 0.0995. The first-order valence-corrected chi connectivity index (χ1v) is 4.87. The van der Waals surface area contributed by atoms with E-state index in [1.54, 1.807) is 0 Å². The smallest absolute Gasteiger partial charge is 0.142 e. The first kappa shape index (κ1) is 8.03. The summed E-state index contributed by atoms with van der Waals surface area (Å²) in [6.07, 6.45) is 7.49. The molecule has 1 nitrogen and oxygen atoms in total. The molecule has 0 bridgehead atoms. The number of ketones is 1. The van der Waals surface area contributed by atoms with Gasteiger partial charge in [0.05, 0.1) is 0 Å². The lowest BCUT2D eigenvalue weighted by molar-refractivity contribution is -0.130. The second-order valence-electron chi connectivity index (χ2n) is 4.42. The lowest BCUT2D eigenvalue weighted by atomic mass is 9.66. The van der Waals surface area contributed by atoms with Gasteiger partial charge in [-0.2, -0.15) is 0 Å². The van der Waals surface area contributed by atoms with Crippen molar-refractivity contribution in [3.05, 3.63) is 12.2 Å². The Labute approximate surface area is 73.8 Å². The molecule has 0 aromatic carbocycles. The Balaban J connectivity index is 2.32. The van der Waals surface area contributed by atoms with Crippen LogP contribution in [-0.4, -0.2) is 5.78 Å². The van der Waals surface area contributed by atoms with Crippen molar-refractivity contribution in [3.63, 3.8) is 0 Å². The van der Waals surface area contributed by atoms with Gasteiger partial charge in [-0.05, 0) is 31.6 Å². The van der Waals surface area contributed by atoms with E-state index < -0.39 is 0 Å². The highest BCUT2D eigenvalue weighted by Crippen LogP contribution is 2.48. The van der Waals surface area contributed by atoms with Crippen LogP contribution in [0.2, 0.25) is 0 Å². The van der Waals surface area contributed by atoms with Gasteiger partial charge in [0, 0.05) is 11.8 Å². The quantitative estimate of drug-likeness (QED) is 0.503. The zero-order valence-corrected chi connectivity index (χ0v) is 7.84. The van der Waals surface area contributed by atoms with Crippen molar-refractivity contribution in [1.29, 1.82) is 0 Å². The third-order valence-electron chi connectivity index (χ3n) is 3.67. The average Bonchev–Trinajstić information content (AvgIpc) is 2.33. The van der Waals surface area contributed by atoms with E-state index >= 15 is 0 Å². The largest absolute Gasteiger partial charge is 0.299 e. The van der Waals surface area contributed by atoms with E-state index in [-0.39, 0.29) is 5.41 Å². The Kier molecular flexibility index (Phi) is 1.64. The Morgan fingerprint density at radius 1 is 1.58 bits per heavy atom. The molecule has 0 saturated heterocycles. The van der Waals surface area contributed by atoms with Crippen molar-refractivity contribution in [3.8, 4) is 0 Å². The predicted octanol–water partition coefficient (Wildman–Crippen LogP) is 2.57. The van der Waals surface area contributed by atoms with Crippen molar-refractivity contribution in [2.45, 2.75) is 33.1 Å². The summed E-state index contributed by atoms with van der Waals surface area (Å²) in [5.41, 5.74) is -0.0995. The molecule has 0 aromatic rings. The SMILES string of the molecule is CC1C=C[C@@]2(C)C(=O)CCC[C@@H]12. The summed E-state index contributed by atoms with van der Waals surface area (Å²) in [6, 6.07) is 0. The first-order valence-electron chi connectivity index (χ1n) is 4.87. The van der Waals surface area contributed by atoms with Crippen LogP contribution in [0.4, 0.5) is 0 Å². The maximum absolute atomic E-state index is 11.7. The van der Waals surface area contributed by atoms with Gasteiger partial charge < -0.3 is 0 Å². The molecule has 66 valence electrons. The molecule has 0 N–H and O–H groups in total. The lowest BCUT2D eigenvalue weighted by Gasteiger charge is -2.35. The average molecular weight is 164 g/mol. The van der Waals surface area contributed by atoms with Gasteiger partial charge in [0.25, 0.3) is 0 Å². The van der Waals surface area contributed by atoms with E-state index in [1.165, 1.54) is 6.42 Å². The molecule has 0 heterocycles. The second-order valence-corrected chi connectivity index (χ2v) is 4.42. The topological polar surface area (TPSA) is 17.1 Å². The first-order chi connectivity index (χ1) is 5.64. The summed E-state index contributed by atoms with van der Waals surface area (Å²) < 4.78 is 0. The van der Waals surface area contributed by atoms with Gasteiger partial charge in [-0.15, -0.1) is 0 Å². The molecule has 2 rings (SSSR count). The van der Waals surface area contributed by atoms with Crippen LogP contribution in [0.25, 0.3) is 0 Å². The van der Waals surface area contributed by atoms with E-state index in [9.17, 15) is 4.79 Å². The number of carbonyl (C=O) groups excluding carboxylic acids is 1. The summed E-state index contributed by atoms with van der Waals surface area (Å²) in [4.78, 5) is 11.7. The van der Waals surface area contributed by atoms with Gasteiger partial charge in [0.15, 0.2) is 0 Å². The maximum Gasteiger partial charge on any atom is 0.142 e. The number of hydrogen-bond acceptors (Lipinski definition) is 1. The Morgan fingerprint density at radius 3 is 3.00 bits per heavy atom. The van der Waals surface area contributed by atoms with Gasteiger partial charge in [-0.25, -0.2) is 0 Å².